The maximum Gasteiger partial charge on any atom is 0.262 e. The highest BCUT2D eigenvalue weighted by Gasteiger charge is 2.15. The second kappa shape index (κ2) is 9.19. The van der Waals surface area contributed by atoms with Crippen LogP contribution in [0.3, 0.4) is 0 Å². The van der Waals surface area contributed by atoms with Gasteiger partial charge >= 0.3 is 0 Å². The molecular weight excluding hydrogens is 424 g/mol. The lowest BCUT2D eigenvalue weighted by molar-refractivity contribution is -0.118. The highest BCUT2D eigenvalue weighted by atomic mass is 35.5. The molecule has 156 valence electrons. The lowest BCUT2D eigenvalue weighted by atomic mass is 10.1. The monoisotopic (exact) mass is 444 g/mol. The SMILES string of the molecule is Cc1ccc(OCC(=O)Nc2ccc(S(=O)(=O)Nc3cccc(Cl)c3)cc2)c(C)c1. The third-order valence-corrected chi connectivity index (χ3v) is 5.85. The molecule has 0 aliphatic rings. The van der Waals surface area contributed by atoms with Gasteiger partial charge in [0.05, 0.1) is 10.6 Å². The number of carbonyl (C=O) groups is 1. The van der Waals surface area contributed by atoms with Gasteiger partial charge in [0.15, 0.2) is 6.61 Å². The number of benzene rings is 3. The molecule has 0 spiro atoms. The van der Waals surface area contributed by atoms with Crippen molar-refractivity contribution >= 4 is 38.9 Å². The van der Waals surface area contributed by atoms with E-state index < -0.39 is 10.0 Å². The van der Waals surface area contributed by atoms with Gasteiger partial charge in [0.1, 0.15) is 5.75 Å². The summed E-state index contributed by atoms with van der Waals surface area (Å²) in [6.07, 6.45) is 0. The summed E-state index contributed by atoms with van der Waals surface area (Å²) in [5.41, 5.74) is 2.89. The van der Waals surface area contributed by atoms with Crippen LogP contribution in [0.5, 0.6) is 5.75 Å². The Morgan fingerprint density at radius 2 is 1.70 bits per heavy atom. The summed E-state index contributed by atoms with van der Waals surface area (Å²) in [4.78, 5) is 12.2. The van der Waals surface area contributed by atoms with Gasteiger partial charge < -0.3 is 10.1 Å². The zero-order valence-corrected chi connectivity index (χ0v) is 18.0. The summed E-state index contributed by atoms with van der Waals surface area (Å²) in [5.74, 6) is 0.298. The first-order valence-corrected chi connectivity index (χ1v) is 11.0. The van der Waals surface area contributed by atoms with Crippen LogP contribution in [0.15, 0.2) is 71.6 Å². The summed E-state index contributed by atoms with van der Waals surface area (Å²) in [6.45, 7) is 3.75. The Morgan fingerprint density at radius 1 is 0.967 bits per heavy atom. The Balaban J connectivity index is 1.60. The number of hydrogen-bond acceptors (Lipinski definition) is 4. The summed E-state index contributed by atoms with van der Waals surface area (Å²) < 4.78 is 33.0. The number of ether oxygens (including phenoxy) is 1. The maximum absolute atomic E-state index is 12.5. The van der Waals surface area contributed by atoms with Crippen molar-refractivity contribution in [1.29, 1.82) is 0 Å². The van der Waals surface area contributed by atoms with Gasteiger partial charge in [0, 0.05) is 10.7 Å². The maximum atomic E-state index is 12.5. The minimum absolute atomic E-state index is 0.0620. The quantitative estimate of drug-likeness (QED) is 0.549. The summed E-state index contributed by atoms with van der Waals surface area (Å²) in [6, 6.07) is 18.0. The van der Waals surface area contributed by atoms with Crippen molar-refractivity contribution in [3.05, 3.63) is 82.9 Å². The lowest BCUT2D eigenvalue weighted by Gasteiger charge is -2.11. The summed E-state index contributed by atoms with van der Waals surface area (Å²) in [5, 5.41) is 3.11. The van der Waals surface area contributed by atoms with Crippen LogP contribution in [0.1, 0.15) is 11.1 Å². The summed E-state index contributed by atoms with van der Waals surface area (Å²) >= 11 is 5.88. The minimum atomic E-state index is -3.78. The van der Waals surface area contributed by atoms with Crippen molar-refractivity contribution in [2.24, 2.45) is 0 Å². The van der Waals surface area contributed by atoms with Crippen LogP contribution in [-0.2, 0) is 14.8 Å². The Hall–Kier alpha value is -3.03. The molecule has 0 radical (unpaired) electrons. The second-order valence-corrected chi connectivity index (χ2v) is 8.86. The highest BCUT2D eigenvalue weighted by molar-refractivity contribution is 7.92. The Bertz CT molecular complexity index is 1160. The molecule has 3 aromatic carbocycles. The molecule has 0 aromatic heterocycles. The van der Waals surface area contributed by atoms with Gasteiger partial charge in [-0.15, -0.1) is 0 Å². The third-order valence-electron chi connectivity index (χ3n) is 4.21. The van der Waals surface area contributed by atoms with Crippen LogP contribution in [-0.4, -0.2) is 20.9 Å². The molecule has 30 heavy (non-hydrogen) atoms. The van der Waals surface area contributed by atoms with Crippen molar-refractivity contribution in [3.8, 4) is 5.75 Å². The van der Waals surface area contributed by atoms with E-state index in [1.165, 1.54) is 30.3 Å². The van der Waals surface area contributed by atoms with E-state index in [0.29, 0.717) is 22.1 Å². The van der Waals surface area contributed by atoms with Crippen molar-refractivity contribution < 1.29 is 17.9 Å². The molecular formula is C22H21ClN2O4S. The molecule has 0 saturated heterocycles. The zero-order chi connectivity index (χ0) is 21.7. The van der Waals surface area contributed by atoms with Gasteiger partial charge in [-0.05, 0) is 67.9 Å². The molecule has 6 nitrogen and oxygen atoms in total. The van der Waals surface area contributed by atoms with Gasteiger partial charge in [-0.3, -0.25) is 9.52 Å². The number of halogens is 1. The number of nitrogens with one attached hydrogen (secondary N) is 2. The molecule has 0 heterocycles. The van der Waals surface area contributed by atoms with Crippen LogP contribution in [0.25, 0.3) is 0 Å². The third kappa shape index (κ3) is 5.75. The molecule has 3 aromatic rings. The molecule has 0 fully saturated rings. The van der Waals surface area contributed by atoms with Crippen LogP contribution in [0.4, 0.5) is 11.4 Å². The standard InChI is InChI=1S/C22H21ClN2O4S/c1-15-6-11-21(16(2)12-15)29-14-22(26)24-18-7-9-20(10-8-18)30(27,28)25-19-5-3-4-17(23)13-19/h3-13,25H,14H2,1-2H3,(H,24,26). The van der Waals surface area contributed by atoms with E-state index in [-0.39, 0.29) is 17.4 Å². The second-order valence-electron chi connectivity index (χ2n) is 6.75. The van der Waals surface area contributed by atoms with Gasteiger partial charge in [-0.25, -0.2) is 8.42 Å². The van der Waals surface area contributed by atoms with E-state index in [4.69, 9.17) is 16.3 Å². The smallest absolute Gasteiger partial charge is 0.262 e. The van der Waals surface area contributed by atoms with Gasteiger partial charge in [-0.1, -0.05) is 35.4 Å². The number of amides is 1. The average molecular weight is 445 g/mol. The minimum Gasteiger partial charge on any atom is -0.483 e. The van der Waals surface area contributed by atoms with Crippen molar-refractivity contribution in [3.63, 3.8) is 0 Å². The first kappa shape index (κ1) is 21.7. The molecule has 0 saturated carbocycles. The number of anilines is 2. The number of sulfonamides is 1. The van der Waals surface area contributed by atoms with E-state index in [1.807, 2.05) is 32.0 Å². The molecule has 1 amide bonds. The predicted molar refractivity (Wildman–Crippen MR) is 119 cm³/mol. The Morgan fingerprint density at radius 3 is 2.37 bits per heavy atom. The average Bonchev–Trinajstić information content (AvgIpc) is 2.67. The fourth-order valence-electron chi connectivity index (χ4n) is 2.79. The number of hydrogen-bond donors (Lipinski definition) is 2. The highest BCUT2D eigenvalue weighted by Crippen LogP contribution is 2.21. The van der Waals surface area contributed by atoms with Crippen molar-refractivity contribution in [2.45, 2.75) is 18.7 Å². The van der Waals surface area contributed by atoms with Crippen LogP contribution in [0.2, 0.25) is 5.02 Å². The van der Waals surface area contributed by atoms with Gasteiger partial charge in [0.2, 0.25) is 0 Å². The molecule has 2 N–H and O–H groups in total. The topological polar surface area (TPSA) is 84.5 Å². The van der Waals surface area contributed by atoms with Gasteiger partial charge in [-0.2, -0.15) is 0 Å². The summed E-state index contributed by atoms with van der Waals surface area (Å²) in [7, 11) is -3.78. The van der Waals surface area contributed by atoms with Gasteiger partial charge in [0.25, 0.3) is 15.9 Å². The lowest BCUT2D eigenvalue weighted by Crippen LogP contribution is -2.20. The predicted octanol–water partition coefficient (Wildman–Crippen LogP) is 4.78. The van der Waals surface area contributed by atoms with E-state index in [0.717, 1.165) is 11.1 Å². The Kier molecular flexibility index (Phi) is 6.64. The normalized spacial score (nSPS) is 11.0. The molecule has 3 rings (SSSR count). The van der Waals surface area contributed by atoms with E-state index in [1.54, 1.807) is 18.2 Å². The number of carbonyl (C=O) groups excluding carboxylic acids is 1. The first-order chi connectivity index (χ1) is 14.2. The molecule has 0 unspecified atom stereocenters. The van der Waals surface area contributed by atoms with E-state index in [2.05, 4.69) is 10.0 Å². The largest absolute Gasteiger partial charge is 0.483 e. The number of aryl methyl sites for hydroxylation is 2. The fourth-order valence-corrected chi connectivity index (χ4v) is 4.02. The van der Waals surface area contributed by atoms with Crippen LogP contribution in [0, 0.1) is 13.8 Å². The molecule has 0 aliphatic carbocycles. The number of rotatable bonds is 7. The van der Waals surface area contributed by atoms with Crippen LogP contribution < -0.4 is 14.8 Å². The Labute approximate surface area is 180 Å². The fraction of sp³-hybridized carbons (Fsp3) is 0.136. The van der Waals surface area contributed by atoms with E-state index in [9.17, 15) is 13.2 Å². The zero-order valence-electron chi connectivity index (χ0n) is 16.5. The molecule has 0 aliphatic heterocycles. The molecule has 0 bridgehead atoms. The van der Waals surface area contributed by atoms with Crippen LogP contribution >= 0.6 is 11.6 Å². The van der Waals surface area contributed by atoms with Crippen molar-refractivity contribution in [2.75, 3.05) is 16.6 Å². The van der Waals surface area contributed by atoms with E-state index >= 15 is 0 Å². The van der Waals surface area contributed by atoms with Crippen molar-refractivity contribution in [1.82, 2.24) is 0 Å². The molecule has 0 atom stereocenters. The first-order valence-electron chi connectivity index (χ1n) is 9.11. The molecule has 8 heteroatoms.